The van der Waals surface area contributed by atoms with Crippen LogP contribution in [0.1, 0.15) is 50.5 Å². The fraction of sp³-hybridized carbons (Fsp3) is 0.533. The average molecular weight is 218 g/mol. The molecule has 0 radical (unpaired) electrons. The van der Waals surface area contributed by atoms with Crippen LogP contribution < -0.4 is 0 Å². The number of benzene rings is 1. The monoisotopic (exact) mass is 218 g/mol. The maximum atomic E-state index is 12.1. The van der Waals surface area contributed by atoms with E-state index < -0.39 is 0 Å². The van der Waals surface area contributed by atoms with Gasteiger partial charge in [-0.25, -0.2) is 0 Å². The Morgan fingerprint density at radius 3 is 2.38 bits per heavy atom. The summed E-state index contributed by atoms with van der Waals surface area (Å²) in [6, 6.07) is 8.03. The third-order valence-corrected chi connectivity index (χ3v) is 2.51. The SMILES string of the molecule is CC(C)Cc1cccc(C(=O)C(C)(C)C)c1. The van der Waals surface area contributed by atoms with Gasteiger partial charge in [0, 0.05) is 11.0 Å². The summed E-state index contributed by atoms with van der Waals surface area (Å²) < 4.78 is 0. The van der Waals surface area contributed by atoms with E-state index in [9.17, 15) is 4.79 Å². The van der Waals surface area contributed by atoms with Crippen molar-refractivity contribution >= 4 is 5.78 Å². The van der Waals surface area contributed by atoms with Crippen molar-refractivity contribution in [2.75, 3.05) is 0 Å². The van der Waals surface area contributed by atoms with Gasteiger partial charge in [-0.2, -0.15) is 0 Å². The molecule has 1 aromatic rings. The molecule has 0 atom stereocenters. The van der Waals surface area contributed by atoms with Crippen LogP contribution in [-0.2, 0) is 6.42 Å². The first-order valence-corrected chi connectivity index (χ1v) is 5.94. The van der Waals surface area contributed by atoms with Gasteiger partial charge in [-0.3, -0.25) is 4.79 Å². The molecule has 0 fully saturated rings. The Kier molecular flexibility index (Phi) is 3.90. The lowest BCUT2D eigenvalue weighted by molar-refractivity contribution is 0.0858. The molecule has 1 heteroatoms. The molecule has 0 N–H and O–H groups in total. The van der Waals surface area contributed by atoms with Crippen molar-refractivity contribution in [3.8, 4) is 0 Å². The van der Waals surface area contributed by atoms with E-state index in [1.54, 1.807) is 0 Å². The van der Waals surface area contributed by atoms with Crippen molar-refractivity contribution in [3.63, 3.8) is 0 Å². The number of hydrogen-bond donors (Lipinski definition) is 0. The molecule has 0 aliphatic rings. The number of carbonyl (C=O) groups excluding carboxylic acids is 1. The van der Waals surface area contributed by atoms with E-state index >= 15 is 0 Å². The molecule has 0 heterocycles. The minimum Gasteiger partial charge on any atom is -0.294 e. The van der Waals surface area contributed by atoms with Gasteiger partial charge in [0.15, 0.2) is 5.78 Å². The van der Waals surface area contributed by atoms with Gasteiger partial charge in [0.2, 0.25) is 0 Å². The van der Waals surface area contributed by atoms with E-state index in [1.165, 1.54) is 5.56 Å². The van der Waals surface area contributed by atoms with Crippen molar-refractivity contribution in [2.24, 2.45) is 11.3 Å². The van der Waals surface area contributed by atoms with Gasteiger partial charge >= 0.3 is 0 Å². The third-order valence-electron chi connectivity index (χ3n) is 2.51. The summed E-state index contributed by atoms with van der Waals surface area (Å²) in [6.45, 7) is 10.3. The van der Waals surface area contributed by atoms with Crippen LogP contribution in [0.4, 0.5) is 0 Å². The summed E-state index contributed by atoms with van der Waals surface area (Å²) in [4.78, 5) is 12.1. The van der Waals surface area contributed by atoms with Crippen molar-refractivity contribution < 1.29 is 4.79 Å². The fourth-order valence-electron chi connectivity index (χ4n) is 1.74. The summed E-state index contributed by atoms with van der Waals surface area (Å²) in [6.07, 6.45) is 1.03. The average Bonchev–Trinajstić information content (AvgIpc) is 2.14. The van der Waals surface area contributed by atoms with Gasteiger partial charge in [-0.1, -0.05) is 52.8 Å². The Balaban J connectivity index is 2.95. The topological polar surface area (TPSA) is 17.1 Å². The summed E-state index contributed by atoms with van der Waals surface area (Å²) in [5.41, 5.74) is 1.80. The van der Waals surface area contributed by atoms with Gasteiger partial charge < -0.3 is 0 Å². The summed E-state index contributed by atoms with van der Waals surface area (Å²) in [7, 11) is 0. The van der Waals surface area contributed by atoms with Crippen molar-refractivity contribution in [3.05, 3.63) is 35.4 Å². The van der Waals surface area contributed by atoms with Crippen LogP contribution >= 0.6 is 0 Å². The second-order valence-corrected chi connectivity index (χ2v) is 5.88. The molecule has 0 aliphatic carbocycles. The predicted molar refractivity (Wildman–Crippen MR) is 68.8 cm³/mol. The Hall–Kier alpha value is -1.11. The molecule has 88 valence electrons. The van der Waals surface area contributed by atoms with Crippen LogP contribution in [0.2, 0.25) is 0 Å². The van der Waals surface area contributed by atoms with E-state index in [0.717, 1.165) is 12.0 Å². The molecule has 1 rings (SSSR count). The van der Waals surface area contributed by atoms with E-state index in [0.29, 0.717) is 5.92 Å². The molecule has 0 unspecified atom stereocenters. The van der Waals surface area contributed by atoms with Gasteiger partial charge in [-0.15, -0.1) is 0 Å². The minimum absolute atomic E-state index is 0.220. The predicted octanol–water partition coefficient (Wildman–Crippen LogP) is 4.11. The maximum Gasteiger partial charge on any atom is 0.168 e. The van der Waals surface area contributed by atoms with Gasteiger partial charge in [-0.05, 0) is 24.0 Å². The highest BCUT2D eigenvalue weighted by atomic mass is 16.1. The van der Waals surface area contributed by atoms with E-state index in [2.05, 4.69) is 19.9 Å². The molecule has 16 heavy (non-hydrogen) atoms. The first-order chi connectivity index (χ1) is 7.30. The van der Waals surface area contributed by atoms with Crippen molar-refractivity contribution in [2.45, 2.75) is 41.0 Å². The number of rotatable bonds is 3. The largest absolute Gasteiger partial charge is 0.294 e. The second kappa shape index (κ2) is 4.82. The van der Waals surface area contributed by atoms with Crippen LogP contribution in [-0.4, -0.2) is 5.78 Å². The number of Topliss-reactive ketones (excluding diaryl/α,β-unsaturated/α-hetero) is 1. The highest BCUT2D eigenvalue weighted by Gasteiger charge is 2.22. The zero-order chi connectivity index (χ0) is 12.3. The molecule has 0 aliphatic heterocycles. The van der Waals surface area contributed by atoms with E-state index in [4.69, 9.17) is 0 Å². The van der Waals surface area contributed by atoms with Crippen LogP contribution in [0.15, 0.2) is 24.3 Å². The Morgan fingerprint density at radius 2 is 1.88 bits per heavy atom. The number of hydrogen-bond acceptors (Lipinski definition) is 1. The standard InChI is InChI=1S/C15H22O/c1-11(2)9-12-7-6-8-13(10-12)14(16)15(3,4)5/h6-8,10-11H,9H2,1-5H3. The molecule has 0 bridgehead atoms. The molecule has 0 aromatic heterocycles. The van der Waals surface area contributed by atoms with Crippen molar-refractivity contribution in [1.29, 1.82) is 0 Å². The second-order valence-electron chi connectivity index (χ2n) is 5.88. The number of ketones is 1. The lowest BCUT2D eigenvalue weighted by atomic mass is 9.85. The minimum atomic E-state index is -0.295. The molecule has 0 saturated heterocycles. The Morgan fingerprint density at radius 1 is 1.25 bits per heavy atom. The molecular weight excluding hydrogens is 196 g/mol. The van der Waals surface area contributed by atoms with Crippen LogP contribution in [0.5, 0.6) is 0 Å². The van der Waals surface area contributed by atoms with Gasteiger partial charge in [0.1, 0.15) is 0 Å². The van der Waals surface area contributed by atoms with Crippen molar-refractivity contribution in [1.82, 2.24) is 0 Å². The highest BCUT2D eigenvalue weighted by Crippen LogP contribution is 2.21. The molecule has 0 saturated carbocycles. The molecule has 0 amide bonds. The summed E-state index contributed by atoms with van der Waals surface area (Å²) in [5, 5.41) is 0. The fourth-order valence-corrected chi connectivity index (χ4v) is 1.74. The smallest absolute Gasteiger partial charge is 0.168 e. The molecule has 1 nitrogen and oxygen atoms in total. The van der Waals surface area contributed by atoms with Gasteiger partial charge in [0.05, 0.1) is 0 Å². The lowest BCUT2D eigenvalue weighted by Gasteiger charge is -2.17. The zero-order valence-electron chi connectivity index (χ0n) is 11.0. The lowest BCUT2D eigenvalue weighted by Crippen LogP contribution is -2.20. The molecule has 1 aromatic carbocycles. The molecular formula is C15H22O. The van der Waals surface area contributed by atoms with Crippen LogP contribution in [0, 0.1) is 11.3 Å². The summed E-state index contributed by atoms with van der Waals surface area (Å²) in [5.74, 6) is 0.845. The van der Waals surface area contributed by atoms with Crippen LogP contribution in [0.25, 0.3) is 0 Å². The van der Waals surface area contributed by atoms with E-state index in [-0.39, 0.29) is 11.2 Å². The normalized spacial score (nSPS) is 11.9. The Labute approximate surface area is 98.9 Å². The Bertz CT molecular complexity index is 369. The quantitative estimate of drug-likeness (QED) is 0.698. The third kappa shape index (κ3) is 3.48. The zero-order valence-corrected chi connectivity index (χ0v) is 11.0. The molecule has 0 spiro atoms. The number of carbonyl (C=O) groups is 1. The first-order valence-electron chi connectivity index (χ1n) is 5.94. The summed E-state index contributed by atoms with van der Waals surface area (Å²) >= 11 is 0. The first kappa shape index (κ1) is 13.0. The van der Waals surface area contributed by atoms with E-state index in [1.807, 2.05) is 39.0 Å². The van der Waals surface area contributed by atoms with Gasteiger partial charge in [0.25, 0.3) is 0 Å². The highest BCUT2D eigenvalue weighted by molar-refractivity contribution is 5.99. The maximum absolute atomic E-state index is 12.1. The van der Waals surface area contributed by atoms with Crippen LogP contribution in [0.3, 0.4) is 0 Å².